The van der Waals surface area contributed by atoms with Crippen LogP contribution in [0.15, 0.2) is 24.4 Å². The zero-order chi connectivity index (χ0) is 12.4. The molecule has 0 saturated carbocycles. The number of hydrogen-bond donors (Lipinski definition) is 1. The van der Waals surface area contributed by atoms with Crippen LogP contribution in [0.3, 0.4) is 0 Å². The third-order valence-electron chi connectivity index (χ3n) is 2.52. The van der Waals surface area contributed by atoms with Crippen LogP contribution in [0.5, 0.6) is 0 Å². The second kappa shape index (κ2) is 4.53. The molecule has 17 heavy (non-hydrogen) atoms. The van der Waals surface area contributed by atoms with Gasteiger partial charge < -0.3 is 5.32 Å². The van der Waals surface area contributed by atoms with Gasteiger partial charge in [-0.15, -0.1) is 0 Å². The van der Waals surface area contributed by atoms with Gasteiger partial charge in [0.1, 0.15) is 0 Å². The van der Waals surface area contributed by atoms with Gasteiger partial charge in [-0.05, 0) is 19.1 Å². The molecule has 0 atom stereocenters. The molecule has 0 aliphatic heterocycles. The van der Waals surface area contributed by atoms with E-state index in [2.05, 4.69) is 10.4 Å². The van der Waals surface area contributed by atoms with Crippen molar-refractivity contribution in [2.24, 2.45) is 7.05 Å². The molecule has 1 heterocycles. The molecule has 0 aliphatic carbocycles. The third-order valence-corrected chi connectivity index (χ3v) is 2.52. The van der Waals surface area contributed by atoms with E-state index in [4.69, 9.17) is 0 Å². The number of aryl methyl sites for hydroxylation is 2. The Hall–Kier alpha value is -1.91. The lowest BCUT2D eigenvalue weighted by Gasteiger charge is -2.05. The van der Waals surface area contributed by atoms with Crippen LogP contribution >= 0.6 is 0 Å². The Labute approximate surface area is 98.1 Å². The zero-order valence-electron chi connectivity index (χ0n) is 9.67. The number of hydrogen-bond acceptors (Lipinski definition) is 2. The molecule has 2 aromatic rings. The highest BCUT2D eigenvalue weighted by molar-refractivity contribution is 5.44. The van der Waals surface area contributed by atoms with Crippen LogP contribution in [0, 0.1) is 18.6 Å². The third kappa shape index (κ3) is 2.61. The molecule has 0 aliphatic rings. The molecule has 0 saturated heterocycles. The van der Waals surface area contributed by atoms with Crippen LogP contribution < -0.4 is 5.32 Å². The van der Waals surface area contributed by atoms with Gasteiger partial charge in [0.05, 0.1) is 5.69 Å². The highest BCUT2D eigenvalue weighted by Crippen LogP contribution is 2.14. The van der Waals surface area contributed by atoms with E-state index < -0.39 is 11.6 Å². The van der Waals surface area contributed by atoms with E-state index in [-0.39, 0.29) is 0 Å². The molecule has 1 aromatic carbocycles. The summed E-state index contributed by atoms with van der Waals surface area (Å²) < 4.78 is 27.4. The molecular formula is C12H13F2N3. The highest BCUT2D eigenvalue weighted by Gasteiger charge is 2.05. The molecule has 1 aromatic heterocycles. The number of rotatable bonds is 3. The molecule has 0 amide bonds. The van der Waals surface area contributed by atoms with Crippen molar-refractivity contribution in [2.45, 2.75) is 13.5 Å². The summed E-state index contributed by atoms with van der Waals surface area (Å²) in [5, 5.41) is 7.22. The Morgan fingerprint density at radius 1 is 1.29 bits per heavy atom. The summed E-state index contributed by atoms with van der Waals surface area (Å²) in [5.41, 5.74) is 2.49. The first-order chi connectivity index (χ1) is 8.06. The first kappa shape index (κ1) is 11.6. The minimum absolute atomic E-state index is 0.532. The van der Waals surface area contributed by atoms with E-state index in [0.717, 1.165) is 23.4 Å². The first-order valence-electron chi connectivity index (χ1n) is 5.24. The predicted molar refractivity (Wildman–Crippen MR) is 61.6 cm³/mol. The SMILES string of the molecule is Cc1nn(C)cc1CNc1ccc(F)c(F)c1. The van der Waals surface area contributed by atoms with Crippen molar-refractivity contribution >= 4 is 5.69 Å². The minimum Gasteiger partial charge on any atom is -0.381 e. The highest BCUT2D eigenvalue weighted by atomic mass is 19.2. The van der Waals surface area contributed by atoms with E-state index in [1.807, 2.05) is 20.2 Å². The lowest BCUT2D eigenvalue weighted by atomic mass is 10.2. The van der Waals surface area contributed by atoms with Crippen molar-refractivity contribution in [3.8, 4) is 0 Å². The fourth-order valence-corrected chi connectivity index (χ4v) is 1.63. The quantitative estimate of drug-likeness (QED) is 0.889. The summed E-state index contributed by atoms with van der Waals surface area (Å²) in [6, 6.07) is 3.75. The molecule has 3 nitrogen and oxygen atoms in total. The number of nitrogens with zero attached hydrogens (tertiary/aromatic N) is 2. The van der Waals surface area contributed by atoms with Crippen LogP contribution in [-0.2, 0) is 13.6 Å². The van der Waals surface area contributed by atoms with Crippen molar-refractivity contribution < 1.29 is 8.78 Å². The minimum atomic E-state index is -0.849. The Morgan fingerprint density at radius 2 is 2.06 bits per heavy atom. The maximum Gasteiger partial charge on any atom is 0.160 e. The molecule has 90 valence electrons. The fourth-order valence-electron chi connectivity index (χ4n) is 1.63. The fraction of sp³-hybridized carbons (Fsp3) is 0.250. The van der Waals surface area contributed by atoms with E-state index in [1.54, 1.807) is 4.68 Å². The van der Waals surface area contributed by atoms with Crippen LogP contribution in [0.25, 0.3) is 0 Å². The Morgan fingerprint density at radius 3 is 2.65 bits per heavy atom. The van der Waals surface area contributed by atoms with Crippen molar-refractivity contribution in [1.82, 2.24) is 9.78 Å². The van der Waals surface area contributed by atoms with E-state index in [0.29, 0.717) is 12.2 Å². The van der Waals surface area contributed by atoms with Gasteiger partial charge in [0.2, 0.25) is 0 Å². The standard InChI is InChI=1S/C12H13F2N3/c1-8-9(7-17(2)16-8)6-15-10-3-4-11(13)12(14)5-10/h3-5,7,15H,6H2,1-2H3. The normalized spacial score (nSPS) is 10.6. The predicted octanol–water partition coefficient (Wildman–Crippen LogP) is 2.62. The summed E-state index contributed by atoms with van der Waals surface area (Å²) in [6.07, 6.45) is 1.89. The molecule has 0 spiro atoms. The molecule has 0 fully saturated rings. The maximum atomic E-state index is 13.0. The Balaban J connectivity index is 2.07. The van der Waals surface area contributed by atoms with Crippen LogP contribution in [0.4, 0.5) is 14.5 Å². The summed E-state index contributed by atoms with van der Waals surface area (Å²) in [5.74, 6) is -1.69. The second-order valence-corrected chi connectivity index (χ2v) is 3.90. The Bertz CT molecular complexity index is 535. The van der Waals surface area contributed by atoms with Crippen molar-refractivity contribution in [3.63, 3.8) is 0 Å². The van der Waals surface area contributed by atoms with Gasteiger partial charge in [0, 0.05) is 37.1 Å². The Kier molecular flexibility index (Phi) is 3.08. The molecule has 2 rings (SSSR count). The van der Waals surface area contributed by atoms with Crippen molar-refractivity contribution in [1.29, 1.82) is 0 Å². The van der Waals surface area contributed by atoms with Crippen LogP contribution in [-0.4, -0.2) is 9.78 Å². The van der Waals surface area contributed by atoms with Gasteiger partial charge >= 0.3 is 0 Å². The van der Waals surface area contributed by atoms with Gasteiger partial charge in [-0.1, -0.05) is 0 Å². The molecule has 0 bridgehead atoms. The number of benzene rings is 1. The van der Waals surface area contributed by atoms with Crippen LogP contribution in [0.2, 0.25) is 0 Å². The zero-order valence-corrected chi connectivity index (χ0v) is 9.67. The molecular weight excluding hydrogens is 224 g/mol. The topological polar surface area (TPSA) is 29.9 Å². The molecule has 1 N–H and O–H groups in total. The van der Waals surface area contributed by atoms with Crippen molar-refractivity contribution in [3.05, 3.63) is 47.3 Å². The second-order valence-electron chi connectivity index (χ2n) is 3.90. The molecule has 5 heteroatoms. The smallest absolute Gasteiger partial charge is 0.160 e. The summed E-state index contributed by atoms with van der Waals surface area (Å²) in [6.45, 7) is 2.44. The van der Waals surface area contributed by atoms with Gasteiger partial charge in [-0.3, -0.25) is 4.68 Å². The lowest BCUT2D eigenvalue weighted by molar-refractivity contribution is 0.509. The number of halogens is 2. The van der Waals surface area contributed by atoms with Gasteiger partial charge in [0.25, 0.3) is 0 Å². The monoisotopic (exact) mass is 237 g/mol. The van der Waals surface area contributed by atoms with E-state index in [9.17, 15) is 8.78 Å². The van der Waals surface area contributed by atoms with Gasteiger partial charge in [0.15, 0.2) is 11.6 Å². The number of aromatic nitrogens is 2. The first-order valence-corrected chi connectivity index (χ1v) is 5.24. The average Bonchev–Trinajstić information content (AvgIpc) is 2.59. The van der Waals surface area contributed by atoms with E-state index in [1.165, 1.54) is 6.07 Å². The van der Waals surface area contributed by atoms with Gasteiger partial charge in [-0.25, -0.2) is 8.78 Å². The summed E-state index contributed by atoms with van der Waals surface area (Å²) in [4.78, 5) is 0. The number of anilines is 1. The molecule has 0 unspecified atom stereocenters. The average molecular weight is 237 g/mol. The number of nitrogens with one attached hydrogen (secondary N) is 1. The molecule has 0 radical (unpaired) electrons. The summed E-state index contributed by atoms with van der Waals surface area (Å²) in [7, 11) is 1.84. The largest absolute Gasteiger partial charge is 0.381 e. The summed E-state index contributed by atoms with van der Waals surface area (Å²) >= 11 is 0. The lowest BCUT2D eigenvalue weighted by Crippen LogP contribution is -2.00. The van der Waals surface area contributed by atoms with E-state index >= 15 is 0 Å². The van der Waals surface area contributed by atoms with Crippen molar-refractivity contribution in [2.75, 3.05) is 5.32 Å². The van der Waals surface area contributed by atoms with Gasteiger partial charge in [-0.2, -0.15) is 5.10 Å². The maximum absolute atomic E-state index is 13.0. The van der Waals surface area contributed by atoms with Crippen LogP contribution in [0.1, 0.15) is 11.3 Å².